The first-order valence-corrected chi connectivity index (χ1v) is 11.5. The Labute approximate surface area is 190 Å². The highest BCUT2D eigenvalue weighted by molar-refractivity contribution is 7.12. The van der Waals surface area contributed by atoms with Crippen molar-refractivity contribution in [3.8, 4) is 0 Å². The Morgan fingerprint density at radius 1 is 1.03 bits per heavy atom. The van der Waals surface area contributed by atoms with Crippen LogP contribution in [0.5, 0.6) is 0 Å². The van der Waals surface area contributed by atoms with Crippen molar-refractivity contribution in [3.05, 3.63) is 63.5 Å². The van der Waals surface area contributed by atoms with Crippen LogP contribution < -0.4 is 0 Å². The van der Waals surface area contributed by atoms with Gasteiger partial charge in [-0.25, -0.2) is 4.79 Å². The van der Waals surface area contributed by atoms with Gasteiger partial charge in [-0.05, 0) is 36.4 Å². The van der Waals surface area contributed by atoms with Gasteiger partial charge in [-0.3, -0.25) is 14.6 Å². The molecule has 7 nitrogen and oxygen atoms in total. The van der Waals surface area contributed by atoms with Crippen LogP contribution in [0.25, 0.3) is 10.9 Å². The van der Waals surface area contributed by atoms with Crippen molar-refractivity contribution in [2.24, 2.45) is 0 Å². The van der Waals surface area contributed by atoms with Gasteiger partial charge in [0.25, 0.3) is 11.8 Å². The topological polar surface area (TPSA) is 79.8 Å². The van der Waals surface area contributed by atoms with Crippen LogP contribution in [0.15, 0.2) is 41.8 Å². The molecule has 166 valence electrons. The number of aromatic nitrogens is 1. The number of piperazine rings is 1. The zero-order valence-corrected chi connectivity index (χ0v) is 19.0. The van der Waals surface area contributed by atoms with Crippen molar-refractivity contribution in [2.75, 3.05) is 32.8 Å². The second-order valence-electron chi connectivity index (χ2n) is 7.66. The second-order valence-corrected chi connectivity index (χ2v) is 8.60. The Morgan fingerprint density at radius 3 is 2.44 bits per heavy atom. The van der Waals surface area contributed by atoms with Crippen LogP contribution in [-0.4, -0.2) is 65.4 Å². The maximum atomic E-state index is 12.9. The summed E-state index contributed by atoms with van der Waals surface area (Å²) in [6.07, 6.45) is 0.699. The van der Waals surface area contributed by atoms with E-state index in [0.717, 1.165) is 22.2 Å². The molecular formula is C24H25N3O4S. The third-order valence-electron chi connectivity index (χ3n) is 5.75. The Hall–Kier alpha value is -3.26. The summed E-state index contributed by atoms with van der Waals surface area (Å²) < 4.78 is 5.43. The third kappa shape index (κ3) is 4.36. The molecule has 0 N–H and O–H groups in total. The van der Waals surface area contributed by atoms with E-state index in [1.54, 1.807) is 15.9 Å². The number of thiophene rings is 1. The van der Waals surface area contributed by atoms with Crippen molar-refractivity contribution in [1.82, 2.24) is 14.8 Å². The molecule has 32 heavy (non-hydrogen) atoms. The largest absolute Gasteiger partial charge is 0.452 e. The highest BCUT2D eigenvalue weighted by Crippen LogP contribution is 2.24. The van der Waals surface area contributed by atoms with Crippen molar-refractivity contribution < 1.29 is 19.1 Å². The van der Waals surface area contributed by atoms with Crippen molar-refractivity contribution in [1.29, 1.82) is 0 Å². The quantitative estimate of drug-likeness (QED) is 0.556. The first-order valence-electron chi connectivity index (χ1n) is 10.7. The number of esters is 1. The summed E-state index contributed by atoms with van der Waals surface area (Å²) >= 11 is 1.41. The molecule has 3 aromatic rings. The molecule has 2 aromatic heterocycles. The number of carbonyl (C=O) groups is 3. The number of hydrogen-bond acceptors (Lipinski definition) is 6. The maximum absolute atomic E-state index is 12.9. The number of fused-ring (bicyclic) bond motifs is 1. The first-order chi connectivity index (χ1) is 15.5. The Kier molecular flexibility index (Phi) is 6.50. The molecule has 0 saturated carbocycles. The van der Waals surface area contributed by atoms with E-state index in [9.17, 15) is 14.4 Å². The number of benzene rings is 1. The number of pyridine rings is 1. The number of amides is 2. The van der Waals surface area contributed by atoms with E-state index >= 15 is 0 Å². The molecule has 1 aliphatic heterocycles. The van der Waals surface area contributed by atoms with Gasteiger partial charge in [-0.1, -0.05) is 31.2 Å². The molecular weight excluding hydrogens is 426 g/mol. The molecule has 3 heterocycles. The fourth-order valence-electron chi connectivity index (χ4n) is 3.97. The minimum atomic E-state index is -0.518. The van der Waals surface area contributed by atoms with Crippen LogP contribution in [0.1, 0.15) is 38.2 Å². The monoisotopic (exact) mass is 451 g/mol. The van der Waals surface area contributed by atoms with Crippen LogP contribution in [0.3, 0.4) is 0 Å². The second kappa shape index (κ2) is 9.48. The molecule has 0 radical (unpaired) electrons. The maximum Gasteiger partial charge on any atom is 0.339 e. The van der Waals surface area contributed by atoms with E-state index in [-0.39, 0.29) is 18.4 Å². The summed E-state index contributed by atoms with van der Waals surface area (Å²) in [5.41, 5.74) is 2.82. The number of para-hydroxylation sites is 1. The van der Waals surface area contributed by atoms with E-state index in [1.165, 1.54) is 11.3 Å². The molecule has 8 heteroatoms. The van der Waals surface area contributed by atoms with Crippen molar-refractivity contribution in [3.63, 3.8) is 0 Å². The normalized spacial score (nSPS) is 13.9. The van der Waals surface area contributed by atoms with Crippen LogP contribution in [-0.2, 0) is 16.0 Å². The van der Waals surface area contributed by atoms with E-state index in [2.05, 4.69) is 4.98 Å². The highest BCUT2D eigenvalue weighted by Gasteiger charge is 2.26. The molecule has 0 atom stereocenters. The predicted molar refractivity (Wildman–Crippen MR) is 123 cm³/mol. The number of carbonyl (C=O) groups excluding carboxylic acids is 3. The van der Waals surface area contributed by atoms with Crippen LogP contribution in [0.2, 0.25) is 0 Å². The van der Waals surface area contributed by atoms with E-state index in [1.807, 2.05) is 49.6 Å². The summed E-state index contributed by atoms with van der Waals surface area (Å²) in [5, 5.41) is 2.60. The average molecular weight is 452 g/mol. The SMILES string of the molecule is CCc1nc2ccccc2c(C(=O)OCC(=O)N2CCN(C(=O)c3cccs3)CC2)c1C. The molecule has 0 spiro atoms. The first kappa shape index (κ1) is 22.0. The summed E-state index contributed by atoms with van der Waals surface area (Å²) in [6, 6.07) is 11.1. The zero-order valence-electron chi connectivity index (χ0n) is 18.2. The lowest BCUT2D eigenvalue weighted by Gasteiger charge is -2.34. The summed E-state index contributed by atoms with van der Waals surface area (Å²) in [4.78, 5) is 46.8. The zero-order chi connectivity index (χ0) is 22.7. The van der Waals surface area contributed by atoms with Gasteiger partial charge in [0.2, 0.25) is 0 Å². The fourth-order valence-corrected chi connectivity index (χ4v) is 4.66. The molecule has 0 bridgehead atoms. The number of ether oxygens (including phenoxy) is 1. The molecule has 2 amide bonds. The van der Waals surface area contributed by atoms with E-state index < -0.39 is 5.97 Å². The van der Waals surface area contributed by atoms with Gasteiger partial charge in [0.15, 0.2) is 6.61 Å². The molecule has 0 unspecified atom stereocenters. The van der Waals surface area contributed by atoms with Gasteiger partial charge >= 0.3 is 5.97 Å². The molecule has 1 aromatic carbocycles. The van der Waals surface area contributed by atoms with Crippen molar-refractivity contribution >= 4 is 40.0 Å². The lowest BCUT2D eigenvalue weighted by Crippen LogP contribution is -2.51. The highest BCUT2D eigenvalue weighted by atomic mass is 32.1. The number of rotatable bonds is 5. The smallest absolute Gasteiger partial charge is 0.339 e. The summed E-state index contributed by atoms with van der Waals surface area (Å²) in [7, 11) is 0. The van der Waals surface area contributed by atoms with Gasteiger partial charge in [-0.15, -0.1) is 11.3 Å². The lowest BCUT2D eigenvalue weighted by atomic mass is 10.0. The minimum absolute atomic E-state index is 0.00899. The average Bonchev–Trinajstić information content (AvgIpc) is 3.36. The number of hydrogen-bond donors (Lipinski definition) is 0. The van der Waals surface area contributed by atoms with Gasteiger partial charge in [0.1, 0.15) is 0 Å². The fraction of sp³-hybridized carbons (Fsp3) is 0.333. The predicted octanol–water partition coefficient (Wildman–Crippen LogP) is 3.31. The van der Waals surface area contributed by atoms with Gasteiger partial charge in [0, 0.05) is 37.3 Å². The molecule has 0 aliphatic carbocycles. The Balaban J connectivity index is 1.38. The molecule has 1 saturated heterocycles. The van der Waals surface area contributed by atoms with E-state index in [0.29, 0.717) is 43.0 Å². The van der Waals surface area contributed by atoms with Crippen LogP contribution in [0, 0.1) is 6.92 Å². The van der Waals surface area contributed by atoms with Crippen molar-refractivity contribution in [2.45, 2.75) is 20.3 Å². The van der Waals surface area contributed by atoms with Gasteiger partial charge in [-0.2, -0.15) is 0 Å². The van der Waals surface area contributed by atoms with E-state index in [4.69, 9.17) is 4.74 Å². The third-order valence-corrected chi connectivity index (χ3v) is 6.61. The van der Waals surface area contributed by atoms with Gasteiger partial charge in [0.05, 0.1) is 16.0 Å². The molecule has 1 fully saturated rings. The molecule has 1 aliphatic rings. The number of nitrogens with zero attached hydrogens (tertiary/aromatic N) is 3. The minimum Gasteiger partial charge on any atom is -0.452 e. The van der Waals surface area contributed by atoms with Gasteiger partial charge < -0.3 is 14.5 Å². The standard InChI is InChI=1S/C24H25N3O4S/c1-3-18-16(2)22(17-7-4-5-8-19(17)25-18)24(30)31-15-21(28)26-10-12-27(13-11-26)23(29)20-9-6-14-32-20/h4-9,14H,3,10-13,15H2,1-2H3. The van der Waals surface area contributed by atoms with Crippen LogP contribution >= 0.6 is 11.3 Å². The number of aryl methyl sites for hydroxylation is 1. The molecule has 4 rings (SSSR count). The Morgan fingerprint density at radius 2 is 1.75 bits per heavy atom. The Bertz CT molecular complexity index is 1150. The summed E-state index contributed by atoms with van der Waals surface area (Å²) in [6.45, 7) is 5.30. The summed E-state index contributed by atoms with van der Waals surface area (Å²) in [5.74, 6) is -0.783. The lowest BCUT2D eigenvalue weighted by molar-refractivity contribution is -0.136. The van der Waals surface area contributed by atoms with Crippen LogP contribution in [0.4, 0.5) is 0 Å².